The molecule has 9 fully saturated rings. The lowest BCUT2D eigenvalue weighted by molar-refractivity contribution is -0.406. The highest BCUT2D eigenvalue weighted by atomic mass is 16.8. The largest absolute Gasteiger partial charge is 0.433 e. The van der Waals surface area contributed by atoms with Gasteiger partial charge in [0.1, 0.15) is 110 Å². The number of aliphatic hydroxyl groups excluding tert-OH is 15. The second-order valence-electron chi connectivity index (χ2n) is 28.0. The Labute approximate surface area is 504 Å². The minimum atomic E-state index is -2.05. The molecule has 0 bridgehead atoms. The van der Waals surface area contributed by atoms with Gasteiger partial charge in [-0.05, 0) is 81.0 Å². The third-order valence-electron chi connectivity index (χ3n) is 23.2. The van der Waals surface area contributed by atoms with Gasteiger partial charge in [0.25, 0.3) is 0 Å². The van der Waals surface area contributed by atoms with E-state index in [0.29, 0.717) is 25.7 Å². The van der Waals surface area contributed by atoms with Crippen LogP contribution in [0.3, 0.4) is 0 Å². The van der Waals surface area contributed by atoms with Gasteiger partial charge >= 0.3 is 5.97 Å². The van der Waals surface area contributed by atoms with E-state index in [1.165, 1.54) is 18.1 Å². The number of carbonyl (C=O) groups excluding carboxylic acids is 1. The van der Waals surface area contributed by atoms with Crippen molar-refractivity contribution in [1.82, 2.24) is 0 Å². The van der Waals surface area contributed by atoms with Crippen LogP contribution < -0.4 is 0 Å². The molecule has 11 aliphatic rings. The van der Waals surface area contributed by atoms with Crippen molar-refractivity contribution in [3.63, 3.8) is 0 Å². The van der Waals surface area contributed by atoms with Gasteiger partial charge in [-0.1, -0.05) is 52.7 Å². The highest BCUT2D eigenvalue weighted by Crippen LogP contribution is 2.76. The van der Waals surface area contributed by atoms with Crippen LogP contribution in [0.5, 0.6) is 0 Å². The molecule has 7 aliphatic heterocycles. The summed E-state index contributed by atoms with van der Waals surface area (Å²) in [5.41, 5.74) is 0.685. The van der Waals surface area contributed by atoms with Gasteiger partial charge in [0, 0.05) is 23.7 Å². The normalized spacial score (nSPS) is 56.1. The molecule has 7 saturated heterocycles. The van der Waals surface area contributed by atoms with E-state index in [2.05, 4.69) is 27.7 Å². The van der Waals surface area contributed by atoms with Crippen molar-refractivity contribution < 1.29 is 138 Å². The number of fused-ring (bicyclic) bond motifs is 5. The number of rotatable bonds is 14. The molecule has 1 unspecified atom stereocenters. The number of hydrogen-bond donors (Lipinski definition) is 15. The summed E-state index contributed by atoms with van der Waals surface area (Å²) in [6, 6.07) is 0. The highest BCUT2D eigenvalue weighted by molar-refractivity contribution is 5.74. The third kappa shape index (κ3) is 10.7. The quantitative estimate of drug-likeness (QED) is 0.0588. The molecule has 4 aliphatic carbocycles. The van der Waals surface area contributed by atoms with Crippen molar-refractivity contribution in [3.8, 4) is 0 Å². The summed E-state index contributed by atoms with van der Waals surface area (Å²) in [7, 11) is 0. The minimum absolute atomic E-state index is 0.0929. The zero-order valence-electron chi connectivity index (χ0n) is 50.3. The first kappa shape index (κ1) is 66.6. The lowest BCUT2D eigenvalue weighted by atomic mass is 9.42. The van der Waals surface area contributed by atoms with Crippen LogP contribution in [0.4, 0.5) is 0 Å². The van der Waals surface area contributed by atoms with E-state index >= 15 is 0 Å². The average molecular weight is 1250 g/mol. The fourth-order valence-corrected chi connectivity index (χ4v) is 17.9. The fourth-order valence-electron chi connectivity index (χ4n) is 17.9. The van der Waals surface area contributed by atoms with Gasteiger partial charge in [-0.2, -0.15) is 0 Å². The SMILES string of the molecule is C[C@@H]1C[C@]2(C[C@@H](C)[C@]3(CC[C@@]4(C)C5=C(CC[C@@]43C)[C@@]3(C)CC[C@H](O[C@@H]4O[C@H](COC6OC[C@@H](O)[C@H](O)[C@@H]6O[C@@H]6O[C@H](CO)[C@@H](O)[C@H](O[C@@H]7O[C@H](CO)[C@@H](O)[C@H](O)[C@H]7O)[C@H]6O[C@@H]6O[C@@H](C)[C@H](O)[C@@H](O)[C@H]6O)[C@@H](O)[C@H](O)[C@H]4O)[C@@](C)(CO)[C@@H]3CC5)O2)OC1=O. The Morgan fingerprint density at radius 3 is 1.77 bits per heavy atom. The fraction of sp³-hybridized carbons (Fsp3) is 0.949. The topological polar surface area (TPSA) is 431 Å². The summed E-state index contributed by atoms with van der Waals surface area (Å²) in [6.07, 6.45) is -36.6. The second-order valence-corrected chi connectivity index (χ2v) is 28.0. The molecule has 11 rings (SSSR count). The second kappa shape index (κ2) is 24.5. The highest BCUT2D eigenvalue weighted by Gasteiger charge is 2.75. The van der Waals surface area contributed by atoms with Crippen molar-refractivity contribution in [2.24, 2.45) is 39.4 Å². The monoisotopic (exact) mass is 1250 g/mol. The van der Waals surface area contributed by atoms with Crippen molar-refractivity contribution in [1.29, 1.82) is 0 Å². The number of aliphatic hydroxyl groups is 15. The van der Waals surface area contributed by atoms with Crippen LogP contribution >= 0.6 is 0 Å². The summed E-state index contributed by atoms with van der Waals surface area (Å²) in [5, 5.41) is 165. The molecule has 498 valence electrons. The minimum Gasteiger partial charge on any atom is -0.433 e. The Morgan fingerprint density at radius 1 is 0.540 bits per heavy atom. The molecule has 7 heterocycles. The summed E-state index contributed by atoms with van der Waals surface area (Å²) in [5.74, 6) is -1.27. The van der Waals surface area contributed by atoms with Crippen LogP contribution in [-0.2, 0) is 61.6 Å². The number of esters is 1. The van der Waals surface area contributed by atoms with Crippen molar-refractivity contribution >= 4 is 5.97 Å². The number of allylic oxidation sites excluding steroid dienone is 2. The third-order valence-corrected chi connectivity index (χ3v) is 23.2. The molecule has 15 N–H and O–H groups in total. The van der Waals surface area contributed by atoms with E-state index in [4.69, 9.17) is 56.8 Å². The predicted octanol–water partition coefficient (Wildman–Crippen LogP) is -3.68. The Morgan fingerprint density at radius 2 is 1.13 bits per heavy atom. The summed E-state index contributed by atoms with van der Waals surface area (Å²) in [4.78, 5) is 12.8. The van der Waals surface area contributed by atoms with E-state index < -0.39 is 197 Å². The first-order chi connectivity index (χ1) is 41.0. The number of hydrogen-bond acceptors (Lipinski definition) is 28. The zero-order valence-corrected chi connectivity index (χ0v) is 50.3. The Kier molecular flexibility index (Phi) is 18.8. The lowest BCUT2D eigenvalue weighted by Crippen LogP contribution is -2.68. The van der Waals surface area contributed by atoms with Crippen molar-refractivity contribution in [2.45, 2.75) is 278 Å². The standard InChI is InChI=1S/C59H94O28/c1-23-16-58(86-48(23)75)17-24(2)59(87-58)15-14-56(6)27-8-9-32-54(4,26(27)10-13-57(56,59)7)12-11-33(55(32,5)22-62)82-50-43(73)41(71)37(67)31(81-50)21-77-52-46(35(65)28(63)20-76-52)84-53-47(85-49-42(72)39(69)34(64)25(3)78-49)45(38(68)30(19-61)80-53)83-51-44(74)40(70)36(66)29(18-60)79-51/h23-25,28-47,49-53,60-74H,8-22H2,1-7H3/t23-,24-,25+,28-,29-,30-,31-,32-,33+,34+,35+,36-,37-,38-,39-,40+,41+,42-,43-,44-,45+,46+,47-,49+,50+,51+,52?,53+,54-,55+,56+,57+,58+,59+/m1/s1. The Hall–Kier alpha value is -1.83. The van der Waals surface area contributed by atoms with Crippen LogP contribution in [0.2, 0.25) is 0 Å². The van der Waals surface area contributed by atoms with E-state index in [9.17, 15) is 81.4 Å². The molecule has 2 saturated carbocycles. The van der Waals surface area contributed by atoms with Gasteiger partial charge in [-0.3, -0.25) is 4.79 Å². The van der Waals surface area contributed by atoms with Crippen LogP contribution in [-0.4, -0.2) is 281 Å². The molecule has 34 atom stereocenters. The van der Waals surface area contributed by atoms with E-state index in [1.54, 1.807) is 0 Å². The summed E-state index contributed by atoms with van der Waals surface area (Å²) >= 11 is 0. The number of ether oxygens (including phenoxy) is 12. The molecule has 0 amide bonds. The van der Waals surface area contributed by atoms with Gasteiger partial charge in [-0.15, -0.1) is 0 Å². The molecule has 87 heavy (non-hydrogen) atoms. The maximum absolute atomic E-state index is 12.8. The summed E-state index contributed by atoms with van der Waals surface area (Å²) < 4.78 is 73.7. The van der Waals surface area contributed by atoms with E-state index in [0.717, 1.165) is 38.5 Å². The van der Waals surface area contributed by atoms with Crippen molar-refractivity contribution in [2.75, 3.05) is 33.0 Å². The van der Waals surface area contributed by atoms with Gasteiger partial charge in [0.05, 0.1) is 56.8 Å². The zero-order chi connectivity index (χ0) is 63.0. The van der Waals surface area contributed by atoms with Gasteiger partial charge < -0.3 is 133 Å². The molecule has 0 aromatic rings. The first-order valence-corrected chi connectivity index (χ1v) is 31.1. The van der Waals surface area contributed by atoms with E-state index in [1.807, 2.05) is 13.8 Å². The summed E-state index contributed by atoms with van der Waals surface area (Å²) in [6.45, 7) is 11.2. The van der Waals surface area contributed by atoms with Gasteiger partial charge in [0.2, 0.25) is 5.79 Å². The van der Waals surface area contributed by atoms with E-state index in [-0.39, 0.29) is 46.6 Å². The molecular weight excluding hydrogens is 1160 g/mol. The van der Waals surface area contributed by atoms with Crippen LogP contribution in [0, 0.1) is 39.4 Å². The van der Waals surface area contributed by atoms with Crippen LogP contribution in [0.15, 0.2) is 11.1 Å². The molecule has 28 heteroatoms. The molecular formula is C59H94O28. The van der Waals surface area contributed by atoms with Gasteiger partial charge in [0.15, 0.2) is 31.5 Å². The lowest BCUT2D eigenvalue weighted by Gasteiger charge is -2.63. The average Bonchev–Trinajstić information content (AvgIpc) is 1.57. The smallest absolute Gasteiger partial charge is 0.311 e. The first-order valence-electron chi connectivity index (χ1n) is 31.1. The van der Waals surface area contributed by atoms with Crippen LogP contribution in [0.1, 0.15) is 113 Å². The molecule has 0 aromatic carbocycles. The molecule has 28 nitrogen and oxygen atoms in total. The maximum Gasteiger partial charge on any atom is 0.311 e. The van der Waals surface area contributed by atoms with Gasteiger partial charge in [-0.25, -0.2) is 0 Å². The maximum atomic E-state index is 12.8. The predicted molar refractivity (Wildman–Crippen MR) is 289 cm³/mol. The molecule has 0 radical (unpaired) electrons. The Bertz CT molecular complexity index is 2480. The molecule has 2 spiro atoms. The Balaban J connectivity index is 0.801. The van der Waals surface area contributed by atoms with Crippen molar-refractivity contribution in [3.05, 3.63) is 11.1 Å². The van der Waals surface area contributed by atoms with Crippen LogP contribution in [0.25, 0.3) is 0 Å². The number of carbonyl (C=O) groups is 1. The molecule has 0 aromatic heterocycles.